The lowest BCUT2D eigenvalue weighted by Gasteiger charge is -2.17. The molecule has 96 valence electrons. The Hall–Kier alpha value is -0.610. The van der Waals surface area contributed by atoms with Gasteiger partial charge in [0.2, 0.25) is 0 Å². The van der Waals surface area contributed by atoms with Gasteiger partial charge in [0.25, 0.3) is 0 Å². The highest BCUT2D eigenvalue weighted by molar-refractivity contribution is 7.20. The highest BCUT2D eigenvalue weighted by atomic mass is 35.5. The van der Waals surface area contributed by atoms with E-state index in [2.05, 4.69) is 5.32 Å². The Bertz CT molecular complexity index is 568. The van der Waals surface area contributed by atoms with Crippen LogP contribution in [0.4, 0.5) is 4.39 Å². The van der Waals surface area contributed by atoms with Crippen molar-refractivity contribution < 1.29 is 4.39 Å². The number of benzene rings is 1. The zero-order valence-electron chi connectivity index (χ0n) is 9.93. The van der Waals surface area contributed by atoms with Crippen molar-refractivity contribution in [2.24, 2.45) is 0 Å². The van der Waals surface area contributed by atoms with Crippen molar-refractivity contribution in [3.05, 3.63) is 55.4 Å². The quantitative estimate of drug-likeness (QED) is 0.858. The molecule has 5 heteroatoms. The van der Waals surface area contributed by atoms with Gasteiger partial charge in [0.15, 0.2) is 0 Å². The van der Waals surface area contributed by atoms with Crippen LogP contribution in [0.5, 0.6) is 0 Å². The summed E-state index contributed by atoms with van der Waals surface area (Å²) in [5.41, 5.74) is 2.00. The Labute approximate surface area is 120 Å². The molecule has 0 fully saturated rings. The highest BCUT2D eigenvalue weighted by Gasteiger charge is 2.21. The summed E-state index contributed by atoms with van der Waals surface area (Å²) < 4.78 is 15.3. The van der Waals surface area contributed by atoms with Crippen molar-refractivity contribution in [3.8, 4) is 0 Å². The maximum atomic E-state index is 14.2. The van der Waals surface area contributed by atoms with E-state index in [4.69, 9.17) is 23.2 Å². The third kappa shape index (κ3) is 2.54. The summed E-state index contributed by atoms with van der Waals surface area (Å²) in [6, 6.07) is 6.82. The monoisotopic (exact) mass is 303 g/mol. The van der Waals surface area contributed by atoms with Crippen LogP contribution in [0.3, 0.4) is 0 Å². The molecule has 18 heavy (non-hydrogen) atoms. The van der Waals surface area contributed by atoms with Crippen LogP contribution >= 0.6 is 34.5 Å². The van der Waals surface area contributed by atoms with Crippen molar-refractivity contribution in [2.45, 2.75) is 13.0 Å². The molecular formula is C13H12Cl2FNS. The third-order valence-corrected chi connectivity index (χ3v) is 4.33. The molecule has 2 rings (SSSR count). The van der Waals surface area contributed by atoms with E-state index in [9.17, 15) is 4.39 Å². The molecular weight excluding hydrogens is 292 g/mol. The second kappa shape index (κ2) is 5.57. The van der Waals surface area contributed by atoms with Crippen molar-refractivity contribution >= 4 is 34.5 Å². The number of hydrogen-bond acceptors (Lipinski definition) is 2. The van der Waals surface area contributed by atoms with Crippen molar-refractivity contribution in [1.29, 1.82) is 0 Å². The van der Waals surface area contributed by atoms with E-state index in [0.717, 1.165) is 5.56 Å². The Balaban J connectivity index is 2.52. The standard InChI is InChI=1S/C13H12Cl2FNS/c1-7-4-3-5-8(11(7)16)12(17-2)9-6-10(14)18-13(9)15/h3-6,12,17H,1-2H3. The van der Waals surface area contributed by atoms with E-state index in [0.29, 0.717) is 19.8 Å². The molecule has 1 unspecified atom stereocenters. The molecule has 0 aliphatic heterocycles. The Kier molecular flexibility index (Phi) is 4.28. The van der Waals surface area contributed by atoms with E-state index in [-0.39, 0.29) is 11.9 Å². The van der Waals surface area contributed by atoms with Crippen LogP contribution < -0.4 is 5.32 Å². The number of nitrogens with one attached hydrogen (secondary N) is 1. The minimum absolute atomic E-state index is 0.213. The molecule has 0 aliphatic carbocycles. The van der Waals surface area contributed by atoms with Crippen LogP contribution in [0.1, 0.15) is 22.7 Å². The molecule has 0 saturated heterocycles. The SMILES string of the molecule is CNC(c1cc(Cl)sc1Cl)c1cccc(C)c1F. The second-order valence-corrected chi connectivity index (χ2v) is 6.26. The maximum Gasteiger partial charge on any atom is 0.131 e. The predicted molar refractivity (Wildman–Crippen MR) is 76.4 cm³/mol. The largest absolute Gasteiger partial charge is 0.309 e. The fourth-order valence-corrected chi connectivity index (χ4v) is 3.45. The smallest absolute Gasteiger partial charge is 0.131 e. The topological polar surface area (TPSA) is 12.0 Å². The van der Waals surface area contributed by atoms with Crippen molar-refractivity contribution in [1.82, 2.24) is 5.32 Å². The van der Waals surface area contributed by atoms with Crippen LogP contribution in [0, 0.1) is 12.7 Å². The van der Waals surface area contributed by atoms with Gasteiger partial charge in [-0.25, -0.2) is 4.39 Å². The zero-order valence-corrected chi connectivity index (χ0v) is 12.3. The highest BCUT2D eigenvalue weighted by Crippen LogP contribution is 2.38. The van der Waals surface area contributed by atoms with E-state index in [1.807, 2.05) is 6.07 Å². The summed E-state index contributed by atoms with van der Waals surface area (Å²) >= 11 is 13.4. The van der Waals surface area contributed by atoms with Crippen LogP contribution in [0.2, 0.25) is 8.67 Å². The van der Waals surface area contributed by atoms with Gasteiger partial charge in [0.05, 0.1) is 14.7 Å². The van der Waals surface area contributed by atoms with Gasteiger partial charge in [-0.2, -0.15) is 0 Å². The van der Waals surface area contributed by atoms with Gasteiger partial charge < -0.3 is 5.32 Å². The lowest BCUT2D eigenvalue weighted by Crippen LogP contribution is -2.19. The minimum atomic E-state index is -0.291. The maximum absolute atomic E-state index is 14.2. The van der Waals surface area contributed by atoms with Crippen LogP contribution in [0.15, 0.2) is 24.3 Å². The minimum Gasteiger partial charge on any atom is -0.309 e. The first kappa shape index (κ1) is 13.8. The summed E-state index contributed by atoms with van der Waals surface area (Å²) in [6.07, 6.45) is 0. The van der Waals surface area contributed by atoms with Gasteiger partial charge in [-0.3, -0.25) is 0 Å². The van der Waals surface area contributed by atoms with Gasteiger partial charge in [0, 0.05) is 11.1 Å². The van der Waals surface area contributed by atoms with Gasteiger partial charge in [-0.15, -0.1) is 11.3 Å². The summed E-state index contributed by atoms with van der Waals surface area (Å²) in [4.78, 5) is 0. The Morgan fingerprint density at radius 2 is 2.00 bits per heavy atom. The zero-order chi connectivity index (χ0) is 13.3. The molecule has 1 nitrogen and oxygen atoms in total. The van der Waals surface area contributed by atoms with Crippen molar-refractivity contribution in [2.75, 3.05) is 7.05 Å². The van der Waals surface area contributed by atoms with E-state index in [1.54, 1.807) is 32.2 Å². The number of hydrogen-bond donors (Lipinski definition) is 1. The molecule has 0 aliphatic rings. The number of halogens is 3. The molecule has 0 radical (unpaired) electrons. The average Bonchev–Trinajstić information content (AvgIpc) is 2.65. The van der Waals surface area contributed by atoms with Gasteiger partial charge in [0.1, 0.15) is 5.82 Å². The predicted octanol–water partition coefficient (Wildman–Crippen LogP) is 4.81. The lowest BCUT2D eigenvalue weighted by atomic mass is 9.99. The number of aryl methyl sites for hydroxylation is 1. The van der Waals surface area contributed by atoms with Gasteiger partial charge in [-0.05, 0) is 25.6 Å². The molecule has 0 spiro atoms. The molecule has 2 aromatic rings. The first-order chi connectivity index (χ1) is 8.54. The van der Waals surface area contributed by atoms with E-state index < -0.39 is 0 Å². The normalized spacial score (nSPS) is 12.7. The first-order valence-electron chi connectivity index (χ1n) is 5.41. The molecule has 1 atom stereocenters. The summed E-state index contributed by atoms with van der Waals surface area (Å²) in [5.74, 6) is -0.213. The molecule has 1 aromatic heterocycles. The molecule has 1 aromatic carbocycles. The van der Waals surface area contributed by atoms with Crippen LogP contribution in [0.25, 0.3) is 0 Å². The number of rotatable bonds is 3. The van der Waals surface area contributed by atoms with E-state index >= 15 is 0 Å². The molecule has 0 amide bonds. The average molecular weight is 304 g/mol. The molecule has 1 N–H and O–H groups in total. The fraction of sp³-hybridized carbons (Fsp3) is 0.231. The Morgan fingerprint density at radius 1 is 1.28 bits per heavy atom. The van der Waals surface area contributed by atoms with Crippen LogP contribution in [-0.2, 0) is 0 Å². The van der Waals surface area contributed by atoms with Gasteiger partial charge in [-0.1, -0.05) is 41.4 Å². The Morgan fingerprint density at radius 3 is 2.56 bits per heavy atom. The first-order valence-corrected chi connectivity index (χ1v) is 6.99. The summed E-state index contributed by atoms with van der Waals surface area (Å²) in [7, 11) is 1.77. The lowest BCUT2D eigenvalue weighted by molar-refractivity contribution is 0.570. The van der Waals surface area contributed by atoms with Crippen molar-refractivity contribution in [3.63, 3.8) is 0 Å². The van der Waals surface area contributed by atoms with Crippen LogP contribution in [-0.4, -0.2) is 7.05 Å². The van der Waals surface area contributed by atoms with Gasteiger partial charge >= 0.3 is 0 Å². The molecule has 0 bridgehead atoms. The second-order valence-electron chi connectivity index (χ2n) is 3.98. The molecule has 1 heterocycles. The van der Waals surface area contributed by atoms with E-state index in [1.165, 1.54) is 11.3 Å². The molecule has 0 saturated carbocycles. The summed E-state index contributed by atoms with van der Waals surface area (Å²) in [5, 5.41) is 3.08. The third-order valence-electron chi connectivity index (χ3n) is 2.82. The number of thiophene rings is 1. The fourth-order valence-electron chi connectivity index (χ4n) is 1.92. The summed E-state index contributed by atoms with van der Waals surface area (Å²) in [6.45, 7) is 1.74.